The summed E-state index contributed by atoms with van der Waals surface area (Å²) in [7, 11) is 0. The van der Waals surface area contributed by atoms with Gasteiger partial charge in [0.25, 0.3) is 0 Å². The maximum absolute atomic E-state index is 4.09. The van der Waals surface area contributed by atoms with Gasteiger partial charge in [-0.3, -0.25) is 4.98 Å². The fourth-order valence-corrected chi connectivity index (χ4v) is 2.87. The summed E-state index contributed by atoms with van der Waals surface area (Å²) >= 11 is 0. The fraction of sp³-hybridized carbons (Fsp3) is 0.667. The Labute approximate surface area is 105 Å². The van der Waals surface area contributed by atoms with Gasteiger partial charge in [0.1, 0.15) is 0 Å². The number of hydrogen-bond donors (Lipinski definition) is 1. The Morgan fingerprint density at radius 3 is 2.65 bits per heavy atom. The molecule has 0 bridgehead atoms. The molecule has 0 amide bonds. The second kappa shape index (κ2) is 6.75. The van der Waals surface area contributed by atoms with Crippen LogP contribution in [0, 0.1) is 5.92 Å². The Bertz CT molecular complexity index is 304. The lowest BCUT2D eigenvalue weighted by Gasteiger charge is -2.24. The van der Waals surface area contributed by atoms with Gasteiger partial charge in [0.2, 0.25) is 0 Å². The zero-order valence-electron chi connectivity index (χ0n) is 10.9. The molecule has 1 fully saturated rings. The van der Waals surface area contributed by atoms with Crippen LogP contribution in [0.5, 0.6) is 0 Å². The standard InChI is InChI=1S/C15H24N2/c1-2-9-17-15(14-5-3-4-6-14)12-13-7-10-16-11-8-13/h7-8,10-11,14-15,17H,2-6,9,12H2,1H3. The largest absolute Gasteiger partial charge is 0.313 e. The predicted molar refractivity (Wildman–Crippen MR) is 72.0 cm³/mol. The van der Waals surface area contributed by atoms with Gasteiger partial charge in [0.15, 0.2) is 0 Å². The van der Waals surface area contributed by atoms with Crippen LogP contribution in [0.1, 0.15) is 44.6 Å². The first kappa shape index (κ1) is 12.6. The van der Waals surface area contributed by atoms with Crippen molar-refractivity contribution in [2.75, 3.05) is 6.54 Å². The van der Waals surface area contributed by atoms with Crippen molar-refractivity contribution < 1.29 is 0 Å². The number of pyridine rings is 1. The first-order chi connectivity index (χ1) is 8.40. The van der Waals surface area contributed by atoms with E-state index in [0.717, 1.165) is 18.9 Å². The molecule has 0 aromatic carbocycles. The highest BCUT2D eigenvalue weighted by molar-refractivity contribution is 5.12. The minimum absolute atomic E-state index is 0.667. The molecule has 1 aromatic heterocycles. The van der Waals surface area contributed by atoms with Gasteiger partial charge in [0.05, 0.1) is 0 Å². The van der Waals surface area contributed by atoms with Crippen LogP contribution < -0.4 is 5.32 Å². The first-order valence-electron chi connectivity index (χ1n) is 7.02. The molecular weight excluding hydrogens is 208 g/mol. The highest BCUT2D eigenvalue weighted by atomic mass is 14.9. The van der Waals surface area contributed by atoms with Crippen LogP contribution in [-0.4, -0.2) is 17.6 Å². The molecule has 17 heavy (non-hydrogen) atoms. The number of rotatable bonds is 6. The molecule has 1 aliphatic rings. The Kier molecular flexibility index (Phi) is 4.99. The highest BCUT2D eigenvalue weighted by Gasteiger charge is 2.24. The van der Waals surface area contributed by atoms with Crippen molar-refractivity contribution in [3.05, 3.63) is 30.1 Å². The SMILES string of the molecule is CCCNC(Cc1ccncc1)C1CCCC1. The van der Waals surface area contributed by atoms with Gasteiger partial charge in [-0.15, -0.1) is 0 Å². The Morgan fingerprint density at radius 1 is 1.29 bits per heavy atom. The van der Waals surface area contributed by atoms with Crippen LogP contribution in [0.25, 0.3) is 0 Å². The number of aromatic nitrogens is 1. The topological polar surface area (TPSA) is 24.9 Å². The van der Waals surface area contributed by atoms with Crippen molar-refractivity contribution in [3.63, 3.8) is 0 Å². The molecule has 0 saturated heterocycles. The van der Waals surface area contributed by atoms with Crippen molar-refractivity contribution in [2.45, 2.75) is 51.5 Å². The van der Waals surface area contributed by atoms with E-state index >= 15 is 0 Å². The minimum Gasteiger partial charge on any atom is -0.313 e. The van der Waals surface area contributed by atoms with Gasteiger partial charge in [-0.05, 0) is 55.8 Å². The van der Waals surface area contributed by atoms with E-state index in [1.807, 2.05) is 12.4 Å². The summed E-state index contributed by atoms with van der Waals surface area (Å²) in [6, 6.07) is 4.96. The van der Waals surface area contributed by atoms with Crippen LogP contribution >= 0.6 is 0 Å². The van der Waals surface area contributed by atoms with Gasteiger partial charge >= 0.3 is 0 Å². The molecule has 1 heterocycles. The average molecular weight is 232 g/mol. The molecule has 94 valence electrons. The lowest BCUT2D eigenvalue weighted by molar-refractivity contribution is 0.356. The summed E-state index contributed by atoms with van der Waals surface area (Å²) in [6.07, 6.45) is 11.9. The van der Waals surface area contributed by atoms with Crippen LogP contribution in [0.4, 0.5) is 0 Å². The van der Waals surface area contributed by atoms with Crippen LogP contribution in [0.15, 0.2) is 24.5 Å². The third-order valence-electron chi connectivity index (χ3n) is 3.83. The van der Waals surface area contributed by atoms with Crippen molar-refractivity contribution >= 4 is 0 Å². The molecule has 1 aromatic rings. The van der Waals surface area contributed by atoms with E-state index in [1.54, 1.807) is 0 Å². The van der Waals surface area contributed by atoms with Gasteiger partial charge in [-0.25, -0.2) is 0 Å². The van der Waals surface area contributed by atoms with Gasteiger partial charge in [0, 0.05) is 18.4 Å². The second-order valence-electron chi connectivity index (χ2n) is 5.16. The van der Waals surface area contributed by atoms with E-state index in [-0.39, 0.29) is 0 Å². The number of nitrogens with zero attached hydrogens (tertiary/aromatic N) is 1. The van der Waals surface area contributed by atoms with E-state index in [9.17, 15) is 0 Å². The first-order valence-corrected chi connectivity index (χ1v) is 7.02. The molecule has 1 aliphatic carbocycles. The maximum Gasteiger partial charge on any atom is 0.0270 e. The molecule has 1 unspecified atom stereocenters. The molecule has 2 heteroatoms. The number of nitrogens with one attached hydrogen (secondary N) is 1. The van der Waals surface area contributed by atoms with Crippen LogP contribution in [0.3, 0.4) is 0 Å². The average Bonchev–Trinajstić information content (AvgIpc) is 2.89. The van der Waals surface area contributed by atoms with Crippen LogP contribution in [-0.2, 0) is 6.42 Å². The van der Waals surface area contributed by atoms with E-state index < -0.39 is 0 Å². The Morgan fingerprint density at radius 2 is 2.00 bits per heavy atom. The van der Waals surface area contributed by atoms with E-state index in [4.69, 9.17) is 0 Å². The predicted octanol–water partition coefficient (Wildman–Crippen LogP) is 3.18. The Balaban J connectivity index is 1.94. The van der Waals surface area contributed by atoms with E-state index in [0.29, 0.717) is 6.04 Å². The Hall–Kier alpha value is -0.890. The zero-order valence-corrected chi connectivity index (χ0v) is 10.9. The quantitative estimate of drug-likeness (QED) is 0.815. The normalized spacial score (nSPS) is 18.4. The monoisotopic (exact) mass is 232 g/mol. The van der Waals surface area contributed by atoms with Gasteiger partial charge < -0.3 is 5.32 Å². The number of hydrogen-bond acceptors (Lipinski definition) is 2. The summed E-state index contributed by atoms with van der Waals surface area (Å²) in [5, 5.41) is 3.74. The van der Waals surface area contributed by atoms with E-state index in [2.05, 4.69) is 29.4 Å². The molecular formula is C15H24N2. The van der Waals surface area contributed by atoms with Crippen LogP contribution in [0.2, 0.25) is 0 Å². The summed E-state index contributed by atoms with van der Waals surface area (Å²) in [6.45, 7) is 3.39. The van der Waals surface area contributed by atoms with Crippen molar-refractivity contribution in [2.24, 2.45) is 5.92 Å². The highest BCUT2D eigenvalue weighted by Crippen LogP contribution is 2.29. The molecule has 1 N–H and O–H groups in total. The van der Waals surface area contributed by atoms with Gasteiger partial charge in [-0.2, -0.15) is 0 Å². The van der Waals surface area contributed by atoms with Crippen molar-refractivity contribution in [1.82, 2.24) is 10.3 Å². The summed E-state index contributed by atoms with van der Waals surface area (Å²) < 4.78 is 0. The molecule has 2 nitrogen and oxygen atoms in total. The van der Waals surface area contributed by atoms with E-state index in [1.165, 1.54) is 37.7 Å². The molecule has 2 rings (SSSR count). The van der Waals surface area contributed by atoms with Crippen molar-refractivity contribution in [3.8, 4) is 0 Å². The second-order valence-corrected chi connectivity index (χ2v) is 5.16. The smallest absolute Gasteiger partial charge is 0.0270 e. The molecule has 0 aliphatic heterocycles. The minimum atomic E-state index is 0.667. The maximum atomic E-state index is 4.09. The molecule has 0 radical (unpaired) electrons. The third-order valence-corrected chi connectivity index (χ3v) is 3.83. The molecule has 1 saturated carbocycles. The summed E-state index contributed by atoms with van der Waals surface area (Å²) in [4.78, 5) is 4.09. The third kappa shape index (κ3) is 3.81. The zero-order chi connectivity index (χ0) is 11.9. The summed E-state index contributed by atoms with van der Waals surface area (Å²) in [5.41, 5.74) is 1.42. The molecule has 1 atom stereocenters. The van der Waals surface area contributed by atoms with Crippen molar-refractivity contribution in [1.29, 1.82) is 0 Å². The van der Waals surface area contributed by atoms with Gasteiger partial charge in [-0.1, -0.05) is 19.8 Å². The fourth-order valence-electron chi connectivity index (χ4n) is 2.87. The summed E-state index contributed by atoms with van der Waals surface area (Å²) in [5.74, 6) is 0.884. The lowest BCUT2D eigenvalue weighted by Crippen LogP contribution is -2.37. The lowest BCUT2D eigenvalue weighted by atomic mass is 9.92. The molecule has 0 spiro atoms.